The molecule has 0 aliphatic heterocycles. The first kappa shape index (κ1) is 21.6. The van der Waals surface area contributed by atoms with Crippen molar-refractivity contribution >= 4 is 23.5 Å². The summed E-state index contributed by atoms with van der Waals surface area (Å²) in [6, 6.07) is 16.8. The van der Waals surface area contributed by atoms with Crippen LogP contribution in [0.25, 0.3) is 0 Å². The number of carbonyl (C=O) groups excluding carboxylic acids is 1. The van der Waals surface area contributed by atoms with Gasteiger partial charge in [-0.15, -0.1) is 0 Å². The molecular weight excluding hydrogens is 398 g/mol. The van der Waals surface area contributed by atoms with E-state index in [1.165, 1.54) is 17.8 Å². The van der Waals surface area contributed by atoms with Crippen molar-refractivity contribution in [2.45, 2.75) is 43.1 Å². The van der Waals surface area contributed by atoms with Gasteiger partial charge in [-0.3, -0.25) is 4.79 Å². The van der Waals surface area contributed by atoms with Gasteiger partial charge in [0.2, 0.25) is 0 Å². The van der Waals surface area contributed by atoms with Gasteiger partial charge < -0.3 is 9.84 Å². The van der Waals surface area contributed by atoms with Crippen molar-refractivity contribution in [1.29, 1.82) is 0 Å². The van der Waals surface area contributed by atoms with Crippen molar-refractivity contribution in [2.24, 2.45) is 0 Å². The standard InChI is InChI=1S/C24H23NO4S/c1-3-5-19-13-18(16(2)26)8-11-23(19)29-15-17-6-4-7-20(12-17)30-21-9-10-22(24(27)28)25-14-21/h4,6-14H,3,5,15H2,1-2H3,(H,27,28). The fourth-order valence-electron chi connectivity index (χ4n) is 2.97. The Balaban J connectivity index is 1.69. The quantitative estimate of drug-likeness (QED) is 0.449. The molecule has 0 radical (unpaired) electrons. The van der Waals surface area contributed by atoms with Gasteiger partial charge >= 0.3 is 5.97 Å². The van der Waals surface area contributed by atoms with Gasteiger partial charge in [-0.1, -0.05) is 37.2 Å². The highest BCUT2D eigenvalue weighted by Gasteiger charge is 2.09. The van der Waals surface area contributed by atoms with Crippen molar-refractivity contribution in [3.8, 4) is 5.75 Å². The van der Waals surface area contributed by atoms with Crippen LogP contribution in [-0.4, -0.2) is 21.8 Å². The number of hydrogen-bond acceptors (Lipinski definition) is 5. The maximum Gasteiger partial charge on any atom is 0.354 e. The number of ether oxygens (including phenoxy) is 1. The summed E-state index contributed by atoms with van der Waals surface area (Å²) in [6.07, 6.45) is 3.38. The summed E-state index contributed by atoms with van der Waals surface area (Å²) in [5.41, 5.74) is 2.79. The van der Waals surface area contributed by atoms with E-state index in [0.29, 0.717) is 12.2 Å². The van der Waals surface area contributed by atoms with Gasteiger partial charge in [-0.2, -0.15) is 0 Å². The number of carbonyl (C=O) groups is 2. The van der Waals surface area contributed by atoms with E-state index in [-0.39, 0.29) is 11.5 Å². The normalized spacial score (nSPS) is 10.6. The topological polar surface area (TPSA) is 76.5 Å². The Labute approximate surface area is 180 Å². The van der Waals surface area contributed by atoms with Gasteiger partial charge in [0.1, 0.15) is 18.1 Å². The molecule has 154 valence electrons. The van der Waals surface area contributed by atoms with E-state index in [1.54, 1.807) is 25.3 Å². The van der Waals surface area contributed by atoms with Gasteiger partial charge in [-0.25, -0.2) is 9.78 Å². The van der Waals surface area contributed by atoms with E-state index in [2.05, 4.69) is 11.9 Å². The van der Waals surface area contributed by atoms with Crippen LogP contribution in [0, 0.1) is 0 Å². The van der Waals surface area contributed by atoms with E-state index >= 15 is 0 Å². The van der Waals surface area contributed by atoms with Crippen molar-refractivity contribution in [3.63, 3.8) is 0 Å². The molecule has 0 saturated heterocycles. The van der Waals surface area contributed by atoms with E-state index in [4.69, 9.17) is 9.84 Å². The van der Waals surface area contributed by atoms with E-state index in [1.807, 2.05) is 36.4 Å². The largest absolute Gasteiger partial charge is 0.489 e. The Morgan fingerprint density at radius 2 is 1.90 bits per heavy atom. The molecule has 1 N–H and O–H groups in total. The molecule has 0 spiro atoms. The lowest BCUT2D eigenvalue weighted by atomic mass is 10.0. The van der Waals surface area contributed by atoms with Crippen LogP contribution in [0.1, 0.15) is 52.2 Å². The molecule has 3 rings (SSSR count). The molecule has 6 heteroatoms. The molecule has 0 amide bonds. The van der Waals surface area contributed by atoms with Crippen LogP contribution in [0.3, 0.4) is 0 Å². The number of rotatable bonds is 9. The lowest BCUT2D eigenvalue weighted by molar-refractivity contribution is 0.0690. The first-order valence-electron chi connectivity index (χ1n) is 9.69. The summed E-state index contributed by atoms with van der Waals surface area (Å²) in [5, 5.41) is 8.95. The molecular formula is C24H23NO4S. The second kappa shape index (κ2) is 10.1. The predicted molar refractivity (Wildman–Crippen MR) is 117 cm³/mol. The number of nitrogens with zero attached hydrogens (tertiary/aromatic N) is 1. The highest BCUT2D eigenvalue weighted by atomic mass is 32.2. The molecule has 5 nitrogen and oxygen atoms in total. The number of benzene rings is 2. The number of Topliss-reactive ketones (excluding diaryl/α,β-unsaturated/α-hetero) is 1. The molecule has 30 heavy (non-hydrogen) atoms. The average Bonchev–Trinajstić information content (AvgIpc) is 2.73. The van der Waals surface area contributed by atoms with Crippen molar-refractivity contribution < 1.29 is 19.4 Å². The third-order valence-electron chi connectivity index (χ3n) is 4.47. The predicted octanol–water partition coefficient (Wildman–Crippen LogP) is 5.67. The SMILES string of the molecule is CCCc1cc(C(C)=O)ccc1OCc1cccc(Sc2ccc(C(=O)O)nc2)c1. The van der Waals surface area contributed by atoms with E-state index < -0.39 is 5.97 Å². The van der Waals surface area contributed by atoms with E-state index in [0.717, 1.165) is 39.5 Å². The Bertz CT molecular complexity index is 1050. The lowest BCUT2D eigenvalue weighted by Gasteiger charge is -2.13. The molecule has 0 fully saturated rings. The van der Waals surface area contributed by atoms with Crippen LogP contribution in [0.4, 0.5) is 0 Å². The summed E-state index contributed by atoms with van der Waals surface area (Å²) in [6.45, 7) is 4.09. The maximum atomic E-state index is 11.7. The van der Waals surface area contributed by atoms with Crippen molar-refractivity contribution in [2.75, 3.05) is 0 Å². The van der Waals surface area contributed by atoms with Gasteiger partial charge in [0.05, 0.1) is 0 Å². The number of aryl methyl sites for hydroxylation is 1. The summed E-state index contributed by atoms with van der Waals surface area (Å²) in [5.74, 6) is -0.188. The van der Waals surface area contributed by atoms with Gasteiger partial charge in [0, 0.05) is 21.6 Å². The monoisotopic (exact) mass is 421 g/mol. The number of ketones is 1. The van der Waals surface area contributed by atoms with Crippen LogP contribution in [0.5, 0.6) is 5.75 Å². The fraction of sp³-hybridized carbons (Fsp3) is 0.208. The van der Waals surface area contributed by atoms with Crippen LogP contribution < -0.4 is 4.74 Å². The van der Waals surface area contributed by atoms with Crippen LogP contribution >= 0.6 is 11.8 Å². The van der Waals surface area contributed by atoms with Crippen molar-refractivity contribution in [3.05, 3.63) is 83.2 Å². The molecule has 0 aliphatic rings. The first-order chi connectivity index (χ1) is 14.5. The minimum Gasteiger partial charge on any atom is -0.489 e. The molecule has 0 bridgehead atoms. The molecule has 0 atom stereocenters. The Morgan fingerprint density at radius 1 is 1.07 bits per heavy atom. The number of carboxylic acids is 1. The van der Waals surface area contributed by atoms with Crippen LogP contribution in [0.2, 0.25) is 0 Å². The molecule has 0 unspecified atom stereocenters. The highest BCUT2D eigenvalue weighted by molar-refractivity contribution is 7.99. The van der Waals surface area contributed by atoms with Gasteiger partial charge in [-0.05, 0) is 66.9 Å². The zero-order chi connectivity index (χ0) is 21.5. The number of hydrogen-bond donors (Lipinski definition) is 1. The summed E-state index contributed by atoms with van der Waals surface area (Å²) < 4.78 is 6.06. The number of aromatic carboxylic acids is 1. The zero-order valence-electron chi connectivity index (χ0n) is 16.9. The van der Waals surface area contributed by atoms with Gasteiger partial charge in [0.15, 0.2) is 5.78 Å². The first-order valence-corrected chi connectivity index (χ1v) is 10.5. The second-order valence-corrected chi connectivity index (χ2v) is 8.00. The number of aromatic nitrogens is 1. The lowest BCUT2D eigenvalue weighted by Crippen LogP contribution is -2.01. The molecule has 0 saturated carbocycles. The Morgan fingerprint density at radius 3 is 2.57 bits per heavy atom. The number of carboxylic acid groups (broad SMARTS) is 1. The van der Waals surface area contributed by atoms with E-state index in [9.17, 15) is 9.59 Å². The highest BCUT2D eigenvalue weighted by Crippen LogP contribution is 2.29. The fourth-order valence-corrected chi connectivity index (χ4v) is 3.84. The minimum absolute atomic E-state index is 0.0279. The smallest absolute Gasteiger partial charge is 0.354 e. The second-order valence-electron chi connectivity index (χ2n) is 6.85. The minimum atomic E-state index is -1.04. The Hall–Kier alpha value is -3.12. The zero-order valence-corrected chi connectivity index (χ0v) is 17.7. The summed E-state index contributed by atoms with van der Waals surface area (Å²) in [7, 11) is 0. The maximum absolute atomic E-state index is 11.7. The molecule has 0 aliphatic carbocycles. The summed E-state index contributed by atoms with van der Waals surface area (Å²) in [4.78, 5) is 28.4. The number of pyridine rings is 1. The third-order valence-corrected chi connectivity index (χ3v) is 5.44. The summed E-state index contributed by atoms with van der Waals surface area (Å²) >= 11 is 1.51. The molecule has 1 heterocycles. The third kappa shape index (κ3) is 5.70. The molecule has 2 aromatic carbocycles. The van der Waals surface area contributed by atoms with Crippen molar-refractivity contribution in [1.82, 2.24) is 4.98 Å². The van der Waals surface area contributed by atoms with Crippen LogP contribution in [-0.2, 0) is 13.0 Å². The molecule has 3 aromatic rings. The molecule has 1 aromatic heterocycles. The Kier molecular flexibility index (Phi) is 7.25. The van der Waals surface area contributed by atoms with Crippen LogP contribution in [0.15, 0.2) is 70.6 Å². The average molecular weight is 422 g/mol. The van der Waals surface area contributed by atoms with Gasteiger partial charge in [0.25, 0.3) is 0 Å².